The van der Waals surface area contributed by atoms with E-state index in [0.29, 0.717) is 38.4 Å². The van der Waals surface area contributed by atoms with Crippen LogP contribution in [0, 0.1) is 20.8 Å². The van der Waals surface area contributed by atoms with Gasteiger partial charge in [-0.25, -0.2) is 9.78 Å². The van der Waals surface area contributed by atoms with Crippen LogP contribution in [0.4, 0.5) is 5.69 Å². The molecule has 172 valence electrons. The van der Waals surface area contributed by atoms with E-state index in [1.165, 1.54) is 0 Å². The molecule has 0 spiro atoms. The molecule has 4 aromatic rings. The Kier molecular flexibility index (Phi) is 7.00. The molecule has 0 aliphatic carbocycles. The molecule has 0 saturated carbocycles. The van der Waals surface area contributed by atoms with Crippen LogP contribution in [0.1, 0.15) is 27.0 Å². The van der Waals surface area contributed by atoms with Crippen LogP contribution in [0.2, 0.25) is 5.02 Å². The summed E-state index contributed by atoms with van der Waals surface area (Å²) >= 11 is 9.59. The highest BCUT2D eigenvalue weighted by Gasteiger charge is 2.21. The Morgan fingerprint density at radius 2 is 1.68 bits per heavy atom. The molecule has 34 heavy (non-hydrogen) atoms. The van der Waals surface area contributed by atoms with Gasteiger partial charge in [-0.2, -0.15) is 0 Å². The molecular formula is C27H22BrClN2O3. The number of aryl methyl sites for hydroxylation is 1. The summed E-state index contributed by atoms with van der Waals surface area (Å²) in [6.07, 6.45) is 0. The molecule has 0 atom stereocenters. The van der Waals surface area contributed by atoms with E-state index < -0.39 is 18.5 Å². The summed E-state index contributed by atoms with van der Waals surface area (Å²) in [4.78, 5) is 30.5. The van der Waals surface area contributed by atoms with Crippen molar-refractivity contribution in [3.05, 3.63) is 92.4 Å². The summed E-state index contributed by atoms with van der Waals surface area (Å²) in [7, 11) is 0. The van der Waals surface area contributed by atoms with Gasteiger partial charge in [0.2, 0.25) is 0 Å². The minimum absolute atomic E-state index is 0.400. The zero-order chi connectivity index (χ0) is 24.4. The normalized spacial score (nSPS) is 10.9. The van der Waals surface area contributed by atoms with Gasteiger partial charge in [0, 0.05) is 21.1 Å². The Hall–Kier alpha value is -3.22. The minimum atomic E-state index is -0.579. The first-order chi connectivity index (χ1) is 16.3. The smallest absolute Gasteiger partial charge is 0.339 e. The molecule has 1 N–H and O–H groups in total. The van der Waals surface area contributed by atoms with Crippen molar-refractivity contribution in [3.8, 4) is 11.3 Å². The van der Waals surface area contributed by atoms with Gasteiger partial charge in [-0.05, 0) is 66.0 Å². The zero-order valence-corrected chi connectivity index (χ0v) is 21.3. The number of carbonyl (C=O) groups excluding carboxylic acids is 2. The topological polar surface area (TPSA) is 68.3 Å². The maximum atomic E-state index is 13.2. The Morgan fingerprint density at radius 1 is 0.971 bits per heavy atom. The number of pyridine rings is 1. The average Bonchev–Trinajstić information content (AvgIpc) is 2.83. The number of esters is 1. The fraction of sp³-hybridized carbons (Fsp3) is 0.148. The molecule has 0 radical (unpaired) electrons. The van der Waals surface area contributed by atoms with E-state index in [0.717, 1.165) is 21.2 Å². The number of nitrogens with one attached hydrogen (secondary N) is 1. The molecule has 4 rings (SSSR count). The monoisotopic (exact) mass is 536 g/mol. The van der Waals surface area contributed by atoms with Crippen LogP contribution in [0.25, 0.3) is 22.2 Å². The third kappa shape index (κ3) is 4.83. The van der Waals surface area contributed by atoms with Gasteiger partial charge in [0.15, 0.2) is 6.61 Å². The fourth-order valence-corrected chi connectivity index (χ4v) is 4.33. The predicted octanol–water partition coefficient (Wildman–Crippen LogP) is 7.04. The summed E-state index contributed by atoms with van der Waals surface area (Å²) in [5.74, 6) is -1.03. The molecule has 7 heteroatoms. The first kappa shape index (κ1) is 23.9. The molecule has 0 saturated heterocycles. The second-order valence-electron chi connectivity index (χ2n) is 8.00. The van der Waals surface area contributed by atoms with Crippen molar-refractivity contribution in [1.82, 2.24) is 4.98 Å². The molecule has 0 fully saturated rings. The third-order valence-electron chi connectivity index (χ3n) is 5.61. The van der Waals surface area contributed by atoms with Crippen LogP contribution in [0.5, 0.6) is 0 Å². The number of aromatic nitrogens is 1. The predicted molar refractivity (Wildman–Crippen MR) is 139 cm³/mol. The number of hydrogen-bond donors (Lipinski definition) is 1. The van der Waals surface area contributed by atoms with E-state index in [9.17, 15) is 9.59 Å². The quantitative estimate of drug-likeness (QED) is 0.277. The number of carbonyl (C=O) groups is 2. The molecule has 0 unspecified atom stereocenters. The van der Waals surface area contributed by atoms with Gasteiger partial charge in [-0.15, -0.1) is 0 Å². The van der Waals surface area contributed by atoms with E-state index >= 15 is 0 Å². The lowest BCUT2D eigenvalue weighted by molar-refractivity contribution is -0.119. The summed E-state index contributed by atoms with van der Waals surface area (Å²) in [6.45, 7) is 5.23. The highest BCUT2D eigenvalue weighted by atomic mass is 79.9. The van der Waals surface area contributed by atoms with Gasteiger partial charge in [0.1, 0.15) is 0 Å². The minimum Gasteiger partial charge on any atom is -0.452 e. The number of para-hydroxylation sites is 1. The van der Waals surface area contributed by atoms with Crippen molar-refractivity contribution in [2.24, 2.45) is 0 Å². The summed E-state index contributed by atoms with van der Waals surface area (Å²) in [5.41, 5.74) is 5.80. The molecule has 0 aliphatic rings. The summed E-state index contributed by atoms with van der Waals surface area (Å²) in [5, 5.41) is 3.93. The van der Waals surface area contributed by atoms with Gasteiger partial charge in [-0.1, -0.05) is 59.6 Å². The maximum absolute atomic E-state index is 13.2. The fourth-order valence-electron chi connectivity index (χ4n) is 3.74. The van der Waals surface area contributed by atoms with Gasteiger partial charge in [0.05, 0.1) is 21.8 Å². The van der Waals surface area contributed by atoms with Gasteiger partial charge >= 0.3 is 5.97 Å². The Morgan fingerprint density at radius 3 is 2.41 bits per heavy atom. The molecule has 1 aromatic heterocycles. The SMILES string of the molecule is Cc1ccc(-c2nc3ccccc3c(C(=O)OCC(=O)Nc3ccc(Br)c(Cl)c3C)c2C)cc1. The number of hydrogen-bond acceptors (Lipinski definition) is 4. The zero-order valence-electron chi connectivity index (χ0n) is 18.9. The molecule has 1 heterocycles. The van der Waals surface area contributed by atoms with Crippen LogP contribution in [-0.4, -0.2) is 23.5 Å². The van der Waals surface area contributed by atoms with Crippen LogP contribution in [0.15, 0.2) is 65.1 Å². The second-order valence-corrected chi connectivity index (χ2v) is 9.23. The molecular weight excluding hydrogens is 516 g/mol. The van der Waals surface area contributed by atoms with E-state index in [1.807, 2.05) is 62.4 Å². The van der Waals surface area contributed by atoms with E-state index in [1.54, 1.807) is 19.1 Å². The van der Waals surface area contributed by atoms with Crippen molar-refractivity contribution in [1.29, 1.82) is 0 Å². The van der Waals surface area contributed by atoms with Gasteiger partial charge in [-0.3, -0.25) is 4.79 Å². The van der Waals surface area contributed by atoms with E-state index in [2.05, 4.69) is 21.2 Å². The lowest BCUT2D eigenvalue weighted by Gasteiger charge is -2.15. The van der Waals surface area contributed by atoms with Crippen molar-refractivity contribution in [3.63, 3.8) is 0 Å². The number of anilines is 1. The number of amides is 1. The lowest BCUT2D eigenvalue weighted by Crippen LogP contribution is -2.22. The largest absolute Gasteiger partial charge is 0.452 e. The van der Waals surface area contributed by atoms with Crippen LogP contribution in [-0.2, 0) is 9.53 Å². The number of halogens is 2. The standard InChI is InChI=1S/C27H22BrClN2O3/c1-15-8-10-18(11-9-15)26-17(3)24(19-6-4-5-7-22(19)31-26)27(33)34-14-23(32)30-21-13-12-20(28)25(29)16(21)2/h4-13H,14H2,1-3H3,(H,30,32). The highest BCUT2D eigenvalue weighted by Crippen LogP contribution is 2.32. The summed E-state index contributed by atoms with van der Waals surface area (Å²) < 4.78 is 6.17. The number of benzene rings is 3. The van der Waals surface area contributed by atoms with Crippen molar-refractivity contribution < 1.29 is 14.3 Å². The van der Waals surface area contributed by atoms with Crippen molar-refractivity contribution in [2.75, 3.05) is 11.9 Å². The van der Waals surface area contributed by atoms with Crippen LogP contribution in [0.3, 0.4) is 0 Å². The molecule has 1 amide bonds. The third-order valence-corrected chi connectivity index (χ3v) is 6.99. The van der Waals surface area contributed by atoms with Crippen molar-refractivity contribution >= 4 is 56.0 Å². The molecule has 5 nitrogen and oxygen atoms in total. The van der Waals surface area contributed by atoms with Gasteiger partial charge in [0.25, 0.3) is 5.91 Å². The summed E-state index contributed by atoms with van der Waals surface area (Å²) in [6, 6.07) is 18.9. The van der Waals surface area contributed by atoms with Gasteiger partial charge < -0.3 is 10.1 Å². The Bertz CT molecular complexity index is 1420. The molecule has 3 aromatic carbocycles. The van der Waals surface area contributed by atoms with E-state index in [4.69, 9.17) is 21.3 Å². The van der Waals surface area contributed by atoms with Crippen LogP contribution >= 0.6 is 27.5 Å². The first-order valence-electron chi connectivity index (χ1n) is 10.6. The molecule has 0 bridgehead atoms. The Balaban J connectivity index is 1.61. The average molecular weight is 538 g/mol. The van der Waals surface area contributed by atoms with E-state index in [-0.39, 0.29) is 0 Å². The molecule has 0 aliphatic heterocycles. The van der Waals surface area contributed by atoms with Crippen molar-refractivity contribution in [2.45, 2.75) is 20.8 Å². The number of nitrogens with zero attached hydrogens (tertiary/aromatic N) is 1. The number of ether oxygens (including phenoxy) is 1. The lowest BCUT2D eigenvalue weighted by atomic mass is 9.97. The second kappa shape index (κ2) is 9.95. The number of fused-ring (bicyclic) bond motifs is 1. The number of rotatable bonds is 5. The van der Waals surface area contributed by atoms with Crippen LogP contribution < -0.4 is 5.32 Å². The first-order valence-corrected chi connectivity index (χ1v) is 11.8. The maximum Gasteiger partial charge on any atom is 0.339 e. The highest BCUT2D eigenvalue weighted by molar-refractivity contribution is 9.10. The Labute approximate surface area is 211 Å².